The largest absolute Gasteiger partial charge is 0.314 e. The van der Waals surface area contributed by atoms with Crippen molar-refractivity contribution in [2.75, 3.05) is 26.7 Å². The number of hydrogen-bond donors (Lipinski definition) is 2. The summed E-state index contributed by atoms with van der Waals surface area (Å²) >= 11 is 0. The van der Waals surface area contributed by atoms with Gasteiger partial charge in [-0.25, -0.2) is 0 Å². The van der Waals surface area contributed by atoms with Gasteiger partial charge in [0.1, 0.15) is 0 Å². The van der Waals surface area contributed by atoms with Gasteiger partial charge in [0, 0.05) is 23.7 Å². The lowest BCUT2D eigenvalue weighted by Crippen LogP contribution is -2.62. The summed E-state index contributed by atoms with van der Waals surface area (Å²) < 4.78 is 0. The molecule has 2 fully saturated rings. The van der Waals surface area contributed by atoms with Crippen molar-refractivity contribution >= 4 is 0 Å². The fraction of sp³-hybridized carbons (Fsp3) is 1.00. The number of nitrogens with one attached hydrogen (secondary N) is 2. The molecule has 0 amide bonds. The highest BCUT2D eigenvalue weighted by Crippen LogP contribution is 2.28. The highest BCUT2D eigenvalue weighted by molar-refractivity contribution is 4.99. The molecule has 2 heterocycles. The van der Waals surface area contributed by atoms with Crippen LogP contribution in [0.5, 0.6) is 0 Å². The molecule has 3 heteroatoms. The van der Waals surface area contributed by atoms with Gasteiger partial charge in [0.05, 0.1) is 0 Å². The van der Waals surface area contributed by atoms with Gasteiger partial charge in [0.15, 0.2) is 0 Å². The van der Waals surface area contributed by atoms with Crippen molar-refractivity contribution in [1.82, 2.24) is 15.5 Å². The van der Waals surface area contributed by atoms with E-state index in [-0.39, 0.29) is 11.1 Å². The van der Waals surface area contributed by atoms with Gasteiger partial charge in [-0.15, -0.1) is 0 Å². The van der Waals surface area contributed by atoms with Gasteiger partial charge >= 0.3 is 0 Å². The van der Waals surface area contributed by atoms with E-state index in [4.69, 9.17) is 0 Å². The Morgan fingerprint density at radius 2 is 1.79 bits per heavy atom. The fourth-order valence-electron chi connectivity index (χ4n) is 4.24. The molecule has 2 saturated heterocycles. The molecule has 112 valence electrons. The van der Waals surface area contributed by atoms with Crippen LogP contribution in [0.2, 0.25) is 0 Å². The highest BCUT2D eigenvalue weighted by Gasteiger charge is 2.37. The molecule has 0 spiro atoms. The van der Waals surface area contributed by atoms with Gasteiger partial charge in [0.2, 0.25) is 0 Å². The number of likely N-dealkylation sites (tertiary alicyclic amines) is 1. The molecule has 0 saturated carbocycles. The van der Waals surface area contributed by atoms with Crippen LogP contribution in [0.25, 0.3) is 0 Å². The number of hydrogen-bond acceptors (Lipinski definition) is 3. The molecular formula is C16H33N3. The second-order valence-electron chi connectivity index (χ2n) is 8.18. The van der Waals surface area contributed by atoms with Crippen LogP contribution in [0.3, 0.4) is 0 Å². The Kier molecular flexibility index (Phi) is 4.59. The van der Waals surface area contributed by atoms with Gasteiger partial charge in [-0.1, -0.05) is 0 Å². The quantitative estimate of drug-likeness (QED) is 0.821. The van der Waals surface area contributed by atoms with Crippen molar-refractivity contribution in [3.63, 3.8) is 0 Å². The molecule has 3 nitrogen and oxygen atoms in total. The predicted octanol–water partition coefficient (Wildman–Crippen LogP) is 2.23. The minimum Gasteiger partial charge on any atom is -0.314 e. The van der Waals surface area contributed by atoms with Crippen LogP contribution < -0.4 is 10.6 Å². The molecule has 0 aliphatic carbocycles. The SMILES string of the molecule is CN1CCCC(CNC2CC(C)(C)NC(C)(C)C2)C1. The van der Waals surface area contributed by atoms with E-state index in [9.17, 15) is 0 Å². The first-order valence-corrected chi connectivity index (χ1v) is 7.97. The summed E-state index contributed by atoms with van der Waals surface area (Å²) in [6, 6.07) is 0.665. The summed E-state index contributed by atoms with van der Waals surface area (Å²) in [7, 11) is 2.25. The second kappa shape index (κ2) is 5.71. The Morgan fingerprint density at radius 3 is 2.37 bits per heavy atom. The van der Waals surface area contributed by atoms with Gasteiger partial charge in [-0.3, -0.25) is 0 Å². The zero-order valence-electron chi connectivity index (χ0n) is 13.6. The molecule has 2 aliphatic heterocycles. The Morgan fingerprint density at radius 1 is 1.16 bits per heavy atom. The van der Waals surface area contributed by atoms with Crippen LogP contribution in [0, 0.1) is 5.92 Å². The third-order valence-electron chi connectivity index (χ3n) is 4.61. The molecule has 1 atom stereocenters. The lowest BCUT2D eigenvalue weighted by atomic mass is 9.79. The predicted molar refractivity (Wildman–Crippen MR) is 82.5 cm³/mol. The van der Waals surface area contributed by atoms with Crippen LogP contribution in [0.15, 0.2) is 0 Å². The van der Waals surface area contributed by atoms with Gasteiger partial charge in [-0.05, 0) is 79.4 Å². The summed E-state index contributed by atoms with van der Waals surface area (Å²) in [5, 5.41) is 7.62. The third-order valence-corrected chi connectivity index (χ3v) is 4.61. The van der Waals surface area contributed by atoms with E-state index in [1.54, 1.807) is 0 Å². The normalized spacial score (nSPS) is 32.4. The molecule has 0 bridgehead atoms. The van der Waals surface area contributed by atoms with Crippen molar-refractivity contribution in [3.8, 4) is 0 Å². The molecule has 2 aliphatic rings. The summed E-state index contributed by atoms with van der Waals surface area (Å²) in [5.41, 5.74) is 0.506. The maximum absolute atomic E-state index is 3.86. The highest BCUT2D eigenvalue weighted by atomic mass is 15.1. The van der Waals surface area contributed by atoms with Crippen LogP contribution in [-0.2, 0) is 0 Å². The van der Waals surface area contributed by atoms with Gasteiger partial charge < -0.3 is 15.5 Å². The van der Waals surface area contributed by atoms with E-state index in [1.807, 2.05) is 0 Å². The van der Waals surface area contributed by atoms with Crippen LogP contribution in [0.4, 0.5) is 0 Å². The zero-order chi connectivity index (χ0) is 14.1. The van der Waals surface area contributed by atoms with Crippen LogP contribution in [-0.4, -0.2) is 48.7 Å². The topological polar surface area (TPSA) is 27.3 Å². The smallest absolute Gasteiger partial charge is 0.0144 e. The first-order chi connectivity index (χ1) is 8.76. The first kappa shape index (κ1) is 15.3. The van der Waals surface area contributed by atoms with Crippen molar-refractivity contribution in [2.45, 2.75) is 70.5 Å². The fourth-order valence-corrected chi connectivity index (χ4v) is 4.24. The maximum atomic E-state index is 3.86. The Balaban J connectivity index is 1.82. The van der Waals surface area contributed by atoms with Gasteiger partial charge in [0.25, 0.3) is 0 Å². The maximum Gasteiger partial charge on any atom is 0.0144 e. The second-order valence-corrected chi connectivity index (χ2v) is 8.18. The Bertz CT molecular complexity index is 282. The molecule has 2 rings (SSSR count). The molecule has 1 unspecified atom stereocenters. The zero-order valence-corrected chi connectivity index (χ0v) is 13.6. The number of piperidine rings is 2. The van der Waals surface area contributed by atoms with E-state index in [2.05, 4.69) is 50.3 Å². The van der Waals surface area contributed by atoms with E-state index < -0.39 is 0 Å². The van der Waals surface area contributed by atoms with Crippen molar-refractivity contribution in [3.05, 3.63) is 0 Å². The Labute approximate surface area is 119 Å². The van der Waals surface area contributed by atoms with Gasteiger partial charge in [-0.2, -0.15) is 0 Å². The summed E-state index contributed by atoms with van der Waals surface area (Å²) in [5.74, 6) is 0.847. The van der Waals surface area contributed by atoms with E-state index in [1.165, 1.54) is 45.3 Å². The molecule has 0 aromatic rings. The lowest BCUT2D eigenvalue weighted by Gasteiger charge is -2.47. The first-order valence-electron chi connectivity index (χ1n) is 7.97. The van der Waals surface area contributed by atoms with Crippen LogP contribution in [0.1, 0.15) is 53.4 Å². The molecule has 0 aromatic carbocycles. The standard InChI is InChI=1S/C16H33N3/c1-15(2)9-14(10-16(3,4)18-15)17-11-13-7-6-8-19(5)12-13/h13-14,17-18H,6-12H2,1-5H3. The summed E-state index contributed by atoms with van der Waals surface area (Å²) in [6.07, 6.45) is 5.24. The lowest BCUT2D eigenvalue weighted by molar-refractivity contribution is 0.136. The van der Waals surface area contributed by atoms with E-state index in [0.29, 0.717) is 6.04 Å². The minimum atomic E-state index is 0.253. The van der Waals surface area contributed by atoms with Crippen molar-refractivity contribution in [2.24, 2.45) is 5.92 Å². The van der Waals surface area contributed by atoms with Crippen LogP contribution >= 0.6 is 0 Å². The minimum absolute atomic E-state index is 0.253. The summed E-state index contributed by atoms with van der Waals surface area (Å²) in [6.45, 7) is 13.1. The molecule has 0 aromatic heterocycles. The average molecular weight is 267 g/mol. The van der Waals surface area contributed by atoms with Crippen molar-refractivity contribution in [1.29, 1.82) is 0 Å². The number of nitrogens with zero attached hydrogens (tertiary/aromatic N) is 1. The van der Waals surface area contributed by atoms with E-state index in [0.717, 1.165) is 5.92 Å². The van der Waals surface area contributed by atoms with E-state index >= 15 is 0 Å². The van der Waals surface area contributed by atoms with Crippen molar-refractivity contribution < 1.29 is 0 Å². The number of rotatable bonds is 3. The summed E-state index contributed by atoms with van der Waals surface area (Å²) in [4.78, 5) is 2.48. The molecule has 0 radical (unpaired) electrons. The third kappa shape index (κ3) is 4.73. The molecule has 2 N–H and O–H groups in total. The average Bonchev–Trinajstić information content (AvgIpc) is 2.22. The molecular weight excluding hydrogens is 234 g/mol. The molecule has 19 heavy (non-hydrogen) atoms. The monoisotopic (exact) mass is 267 g/mol. The Hall–Kier alpha value is -0.120.